The monoisotopic (exact) mass is 344 g/mol. The first kappa shape index (κ1) is 13.8. The number of nitrogen functional groups attached to an aromatic ring is 1. The van der Waals surface area contributed by atoms with Gasteiger partial charge in [-0.2, -0.15) is 0 Å². The largest absolute Gasteiger partial charge is 0.398 e. The van der Waals surface area contributed by atoms with Crippen molar-refractivity contribution in [3.05, 3.63) is 70.5 Å². The fourth-order valence-electron chi connectivity index (χ4n) is 2.14. The van der Waals surface area contributed by atoms with Crippen molar-refractivity contribution in [1.82, 2.24) is 15.0 Å². The van der Waals surface area contributed by atoms with Gasteiger partial charge in [0.1, 0.15) is 6.10 Å². The molecule has 106 valence electrons. The first-order valence-corrected chi connectivity index (χ1v) is 7.15. The Hall–Kier alpha value is -2.18. The van der Waals surface area contributed by atoms with Gasteiger partial charge in [-0.3, -0.25) is 0 Å². The molecule has 0 bridgehead atoms. The number of halogens is 1. The third kappa shape index (κ3) is 2.68. The number of hydrogen-bond acceptors (Lipinski definition) is 4. The summed E-state index contributed by atoms with van der Waals surface area (Å²) in [7, 11) is 0. The van der Waals surface area contributed by atoms with Crippen LogP contribution in [0.1, 0.15) is 17.4 Å². The zero-order valence-electron chi connectivity index (χ0n) is 11.0. The normalized spacial score (nSPS) is 12.3. The number of aliphatic hydroxyl groups is 1. The van der Waals surface area contributed by atoms with Crippen LogP contribution in [0.15, 0.2) is 59.2 Å². The van der Waals surface area contributed by atoms with Gasteiger partial charge >= 0.3 is 0 Å². The molecule has 0 fully saturated rings. The molecule has 5 nitrogen and oxygen atoms in total. The van der Waals surface area contributed by atoms with E-state index >= 15 is 0 Å². The van der Waals surface area contributed by atoms with Crippen LogP contribution in [-0.4, -0.2) is 20.1 Å². The second-order valence-corrected chi connectivity index (χ2v) is 5.50. The summed E-state index contributed by atoms with van der Waals surface area (Å²) >= 11 is 3.39. The lowest BCUT2D eigenvalue weighted by Gasteiger charge is -2.15. The van der Waals surface area contributed by atoms with E-state index in [2.05, 4.69) is 26.2 Å². The number of rotatable bonds is 3. The molecule has 3 N–H and O–H groups in total. The van der Waals surface area contributed by atoms with Crippen molar-refractivity contribution in [2.75, 3.05) is 5.73 Å². The third-order valence-electron chi connectivity index (χ3n) is 3.20. The van der Waals surface area contributed by atoms with Crippen molar-refractivity contribution in [3.63, 3.8) is 0 Å². The first-order chi connectivity index (χ1) is 10.2. The third-order valence-corrected chi connectivity index (χ3v) is 3.69. The number of anilines is 1. The van der Waals surface area contributed by atoms with Gasteiger partial charge in [0.05, 0.1) is 17.6 Å². The number of hydrogen-bond donors (Lipinski definition) is 2. The molecule has 0 saturated carbocycles. The Bertz CT molecular complexity index is 757. The maximum absolute atomic E-state index is 10.6. The molecule has 2 aromatic carbocycles. The van der Waals surface area contributed by atoms with Crippen LogP contribution in [0.4, 0.5) is 5.69 Å². The molecule has 0 aliphatic heterocycles. The molecule has 1 unspecified atom stereocenters. The minimum Gasteiger partial charge on any atom is -0.398 e. The summed E-state index contributed by atoms with van der Waals surface area (Å²) < 4.78 is 2.45. The van der Waals surface area contributed by atoms with E-state index in [4.69, 9.17) is 5.73 Å². The van der Waals surface area contributed by atoms with Gasteiger partial charge in [-0.05, 0) is 30.3 Å². The zero-order chi connectivity index (χ0) is 14.8. The number of nitrogens with two attached hydrogens (primary N) is 1. The van der Waals surface area contributed by atoms with E-state index in [9.17, 15) is 5.11 Å². The van der Waals surface area contributed by atoms with Gasteiger partial charge in [0.15, 0.2) is 0 Å². The topological polar surface area (TPSA) is 77.0 Å². The van der Waals surface area contributed by atoms with Crippen LogP contribution >= 0.6 is 15.9 Å². The Kier molecular flexibility index (Phi) is 3.72. The average molecular weight is 345 g/mol. The lowest BCUT2D eigenvalue weighted by molar-refractivity contribution is 0.212. The minimum atomic E-state index is -0.905. The molecule has 0 saturated heterocycles. The van der Waals surface area contributed by atoms with Crippen molar-refractivity contribution in [3.8, 4) is 5.69 Å². The van der Waals surface area contributed by atoms with Gasteiger partial charge in [-0.15, -0.1) is 5.10 Å². The highest BCUT2D eigenvalue weighted by atomic mass is 79.9. The highest BCUT2D eigenvalue weighted by Gasteiger charge is 2.19. The molecule has 0 aliphatic carbocycles. The van der Waals surface area contributed by atoms with Crippen molar-refractivity contribution < 1.29 is 5.11 Å². The van der Waals surface area contributed by atoms with Crippen LogP contribution in [0.3, 0.4) is 0 Å². The van der Waals surface area contributed by atoms with Crippen LogP contribution in [0.5, 0.6) is 0 Å². The van der Waals surface area contributed by atoms with E-state index < -0.39 is 6.10 Å². The molecule has 1 atom stereocenters. The van der Waals surface area contributed by atoms with E-state index in [1.54, 1.807) is 16.8 Å². The maximum atomic E-state index is 10.6. The van der Waals surface area contributed by atoms with E-state index in [1.807, 2.05) is 36.4 Å². The Balaban J connectivity index is 2.06. The number of aliphatic hydroxyl groups excluding tert-OH is 1. The molecule has 1 heterocycles. The van der Waals surface area contributed by atoms with Gasteiger partial charge in [-0.1, -0.05) is 39.3 Å². The summed E-state index contributed by atoms with van der Waals surface area (Å²) in [6.45, 7) is 0. The fraction of sp³-hybridized carbons (Fsp3) is 0.0667. The van der Waals surface area contributed by atoms with Gasteiger partial charge in [-0.25, -0.2) is 4.68 Å². The molecule has 0 amide bonds. The Morgan fingerprint density at radius 2 is 1.90 bits per heavy atom. The standard InChI is InChI=1S/C15H13BrN4O/c16-10-6-7-13(17)12(8-10)15(21)14-9-18-19-20(14)11-4-2-1-3-5-11/h1-9,15,21H,17H2. The number of nitrogens with zero attached hydrogens (tertiary/aromatic N) is 3. The van der Waals surface area contributed by atoms with E-state index in [0.717, 1.165) is 10.2 Å². The Morgan fingerprint density at radius 3 is 2.67 bits per heavy atom. The minimum absolute atomic E-state index is 0.520. The van der Waals surface area contributed by atoms with E-state index in [0.29, 0.717) is 16.9 Å². The molecule has 1 aromatic heterocycles. The van der Waals surface area contributed by atoms with Gasteiger partial charge in [0.25, 0.3) is 0 Å². The Labute approximate surface area is 130 Å². The van der Waals surface area contributed by atoms with Crippen molar-refractivity contribution >= 4 is 21.6 Å². The molecule has 3 rings (SSSR count). The molecule has 6 heteroatoms. The second kappa shape index (κ2) is 5.67. The van der Waals surface area contributed by atoms with Gasteiger partial charge < -0.3 is 10.8 Å². The predicted octanol–water partition coefficient (Wildman–Crippen LogP) is 2.69. The summed E-state index contributed by atoms with van der Waals surface area (Å²) in [6.07, 6.45) is 0.635. The van der Waals surface area contributed by atoms with Crippen LogP contribution in [-0.2, 0) is 0 Å². The predicted molar refractivity (Wildman–Crippen MR) is 84.0 cm³/mol. The molecule has 0 spiro atoms. The van der Waals surface area contributed by atoms with E-state index in [1.165, 1.54) is 6.20 Å². The molecule has 0 radical (unpaired) electrons. The van der Waals surface area contributed by atoms with Gasteiger partial charge in [0.2, 0.25) is 0 Å². The quantitative estimate of drug-likeness (QED) is 0.716. The fourth-order valence-corrected chi connectivity index (χ4v) is 2.52. The average Bonchev–Trinajstić information content (AvgIpc) is 2.99. The van der Waals surface area contributed by atoms with Crippen LogP contribution in [0.2, 0.25) is 0 Å². The van der Waals surface area contributed by atoms with Crippen molar-refractivity contribution in [2.45, 2.75) is 6.10 Å². The summed E-state index contributed by atoms with van der Waals surface area (Å²) in [5.41, 5.74) is 8.48. The molecular formula is C15H13BrN4O. The molecule has 3 aromatic rings. The van der Waals surface area contributed by atoms with E-state index in [-0.39, 0.29) is 0 Å². The number of aromatic nitrogens is 3. The number of para-hydroxylation sites is 1. The summed E-state index contributed by atoms with van der Waals surface area (Å²) in [4.78, 5) is 0. The van der Waals surface area contributed by atoms with Crippen molar-refractivity contribution in [1.29, 1.82) is 0 Å². The van der Waals surface area contributed by atoms with Gasteiger partial charge in [0, 0.05) is 15.7 Å². The number of benzene rings is 2. The molecule has 21 heavy (non-hydrogen) atoms. The lowest BCUT2D eigenvalue weighted by Crippen LogP contribution is -2.10. The zero-order valence-corrected chi connectivity index (χ0v) is 12.6. The highest BCUT2D eigenvalue weighted by molar-refractivity contribution is 9.10. The smallest absolute Gasteiger partial charge is 0.125 e. The first-order valence-electron chi connectivity index (χ1n) is 6.36. The lowest BCUT2D eigenvalue weighted by atomic mass is 10.0. The summed E-state index contributed by atoms with van der Waals surface area (Å²) in [5, 5.41) is 18.6. The summed E-state index contributed by atoms with van der Waals surface area (Å²) in [6, 6.07) is 14.9. The van der Waals surface area contributed by atoms with Crippen LogP contribution < -0.4 is 5.73 Å². The maximum Gasteiger partial charge on any atom is 0.125 e. The summed E-state index contributed by atoms with van der Waals surface area (Å²) in [5.74, 6) is 0. The molecular weight excluding hydrogens is 332 g/mol. The Morgan fingerprint density at radius 1 is 1.14 bits per heavy atom. The van der Waals surface area contributed by atoms with Crippen LogP contribution in [0, 0.1) is 0 Å². The highest BCUT2D eigenvalue weighted by Crippen LogP contribution is 2.29. The molecule has 0 aliphatic rings. The SMILES string of the molecule is Nc1ccc(Br)cc1C(O)c1cnnn1-c1ccccc1. The van der Waals surface area contributed by atoms with Crippen LogP contribution in [0.25, 0.3) is 5.69 Å². The van der Waals surface area contributed by atoms with Crippen molar-refractivity contribution in [2.24, 2.45) is 0 Å². The second-order valence-electron chi connectivity index (χ2n) is 4.58.